The van der Waals surface area contributed by atoms with Crippen molar-refractivity contribution in [1.82, 2.24) is 14.7 Å². The lowest BCUT2D eigenvalue weighted by Gasteiger charge is -2.31. The fourth-order valence-corrected chi connectivity index (χ4v) is 2.08. The minimum absolute atomic E-state index is 0.244. The zero-order valence-corrected chi connectivity index (χ0v) is 10.6. The Labute approximate surface area is 99.6 Å². The summed E-state index contributed by atoms with van der Waals surface area (Å²) in [6.07, 6.45) is 0. The van der Waals surface area contributed by atoms with Gasteiger partial charge in [0.1, 0.15) is 0 Å². The molecular formula is C10H16N5O2+. The van der Waals surface area contributed by atoms with Crippen molar-refractivity contribution in [3.05, 3.63) is 0 Å². The lowest BCUT2D eigenvalue weighted by atomic mass is 10.1. The van der Waals surface area contributed by atoms with E-state index in [1.807, 2.05) is 18.7 Å². The molecule has 0 saturated carbocycles. The van der Waals surface area contributed by atoms with Gasteiger partial charge in [0.15, 0.2) is 0 Å². The number of hydrogen-bond acceptors (Lipinski definition) is 2. The zero-order valence-electron chi connectivity index (χ0n) is 10.6. The number of amidine groups is 1. The second kappa shape index (κ2) is 3.54. The van der Waals surface area contributed by atoms with Crippen LogP contribution in [0.2, 0.25) is 0 Å². The molecule has 0 spiro atoms. The maximum absolute atomic E-state index is 12.1. The molecule has 0 aliphatic carbocycles. The zero-order chi connectivity index (χ0) is 12.9. The van der Waals surface area contributed by atoms with Crippen LogP contribution >= 0.6 is 0 Å². The normalized spacial score (nSPS) is 24.3. The summed E-state index contributed by atoms with van der Waals surface area (Å²) >= 11 is 0. The van der Waals surface area contributed by atoms with Crippen molar-refractivity contribution in [3.63, 3.8) is 0 Å². The van der Waals surface area contributed by atoms with Crippen LogP contribution in [0.25, 0.3) is 0 Å². The molecule has 0 aromatic rings. The predicted octanol–water partition coefficient (Wildman–Crippen LogP) is -1.15. The number of aliphatic imine (C=N–C) groups is 1. The van der Waals surface area contributed by atoms with E-state index in [0.717, 1.165) is 4.90 Å². The summed E-state index contributed by atoms with van der Waals surface area (Å²) in [5.41, 5.74) is 0. The Morgan fingerprint density at radius 2 is 1.71 bits per heavy atom. The second-order valence-corrected chi connectivity index (χ2v) is 4.42. The molecule has 0 N–H and O–H groups in total. The fourth-order valence-electron chi connectivity index (χ4n) is 2.08. The third kappa shape index (κ3) is 1.42. The fraction of sp³-hybridized carbons (Fsp3) is 0.600. The molecule has 0 aromatic heterocycles. The average molecular weight is 238 g/mol. The first kappa shape index (κ1) is 11.6. The van der Waals surface area contributed by atoms with Crippen LogP contribution in [-0.4, -0.2) is 84.3 Å². The summed E-state index contributed by atoms with van der Waals surface area (Å²) in [7, 11) is 8.61. The largest absolute Gasteiger partial charge is 0.391 e. The molecule has 17 heavy (non-hydrogen) atoms. The van der Waals surface area contributed by atoms with E-state index in [1.54, 1.807) is 19.0 Å². The van der Waals surface area contributed by atoms with Crippen LogP contribution in [0.15, 0.2) is 4.99 Å². The van der Waals surface area contributed by atoms with E-state index in [4.69, 9.17) is 0 Å². The van der Waals surface area contributed by atoms with Crippen LogP contribution in [-0.2, 0) is 4.79 Å². The highest BCUT2D eigenvalue weighted by Crippen LogP contribution is 2.20. The molecule has 2 aliphatic rings. The van der Waals surface area contributed by atoms with Crippen molar-refractivity contribution < 1.29 is 14.2 Å². The number of carbonyl (C=O) groups excluding carboxylic acids is 2. The van der Waals surface area contributed by atoms with Crippen molar-refractivity contribution in [1.29, 1.82) is 0 Å². The van der Waals surface area contributed by atoms with Crippen molar-refractivity contribution in [2.45, 2.75) is 6.04 Å². The molecule has 1 fully saturated rings. The molecule has 92 valence electrons. The Morgan fingerprint density at radius 3 is 2.24 bits per heavy atom. The molecular weight excluding hydrogens is 222 g/mol. The first-order chi connectivity index (χ1) is 7.86. The number of fused-ring (bicyclic) bond motifs is 1. The van der Waals surface area contributed by atoms with Gasteiger partial charge in [0.25, 0.3) is 5.91 Å². The standard InChI is InChI=1S/C10H16N5O2/c1-12(2)9-11-7-6(13(9)3)8(16)15(5)10(17)14(7)4/h6H,1-5H3/q+1. The second-order valence-electron chi connectivity index (χ2n) is 4.42. The number of nitrogens with zero attached hydrogens (tertiary/aromatic N) is 5. The maximum atomic E-state index is 12.1. The van der Waals surface area contributed by atoms with Crippen LogP contribution in [0.4, 0.5) is 4.79 Å². The van der Waals surface area contributed by atoms with Crippen LogP contribution in [0.5, 0.6) is 0 Å². The Bertz CT molecular complexity index is 463. The van der Waals surface area contributed by atoms with Gasteiger partial charge in [-0.3, -0.25) is 19.2 Å². The highest BCUT2D eigenvalue weighted by molar-refractivity contribution is 6.25. The van der Waals surface area contributed by atoms with Crippen molar-refractivity contribution in [2.75, 3.05) is 35.2 Å². The van der Waals surface area contributed by atoms with Gasteiger partial charge in [0.2, 0.25) is 11.9 Å². The molecule has 7 heteroatoms. The van der Waals surface area contributed by atoms with Gasteiger partial charge in [0.05, 0.1) is 21.1 Å². The van der Waals surface area contributed by atoms with Crippen molar-refractivity contribution in [2.24, 2.45) is 4.99 Å². The van der Waals surface area contributed by atoms with E-state index in [9.17, 15) is 9.59 Å². The van der Waals surface area contributed by atoms with E-state index in [1.165, 1.54) is 11.9 Å². The maximum Gasteiger partial charge on any atom is 0.391 e. The van der Waals surface area contributed by atoms with Gasteiger partial charge >= 0.3 is 12.0 Å². The van der Waals surface area contributed by atoms with E-state index in [-0.39, 0.29) is 11.9 Å². The molecule has 3 amide bonds. The number of urea groups is 1. The van der Waals surface area contributed by atoms with Crippen molar-refractivity contribution in [3.8, 4) is 0 Å². The van der Waals surface area contributed by atoms with Gasteiger partial charge in [-0.25, -0.2) is 9.69 Å². The van der Waals surface area contributed by atoms with Crippen LogP contribution in [0, 0.1) is 0 Å². The number of amides is 3. The predicted molar refractivity (Wildman–Crippen MR) is 62.0 cm³/mol. The molecule has 0 aromatic carbocycles. The third-order valence-corrected chi connectivity index (χ3v) is 3.04. The van der Waals surface area contributed by atoms with Gasteiger partial charge < -0.3 is 0 Å². The molecule has 7 nitrogen and oxygen atoms in total. The summed E-state index contributed by atoms with van der Waals surface area (Å²) in [6.45, 7) is 0. The van der Waals surface area contributed by atoms with Crippen LogP contribution in [0.3, 0.4) is 0 Å². The van der Waals surface area contributed by atoms with Gasteiger partial charge in [-0.1, -0.05) is 4.99 Å². The topological polar surface area (TPSA) is 59.2 Å². The van der Waals surface area contributed by atoms with Gasteiger partial charge in [-0.2, -0.15) is 0 Å². The first-order valence-electron chi connectivity index (χ1n) is 5.27. The smallest absolute Gasteiger partial charge is 0.270 e. The van der Waals surface area contributed by atoms with E-state index in [0.29, 0.717) is 11.8 Å². The van der Waals surface area contributed by atoms with E-state index < -0.39 is 6.04 Å². The number of likely N-dealkylation sites (N-methyl/N-ethyl adjacent to an activating group) is 3. The molecule has 0 radical (unpaired) electrons. The lowest BCUT2D eigenvalue weighted by molar-refractivity contribution is -0.470. The highest BCUT2D eigenvalue weighted by Gasteiger charge is 2.53. The molecule has 0 bridgehead atoms. The van der Waals surface area contributed by atoms with E-state index in [2.05, 4.69) is 4.99 Å². The average Bonchev–Trinajstić information content (AvgIpc) is 2.62. The number of guanidine groups is 1. The molecule has 1 saturated heterocycles. The summed E-state index contributed by atoms with van der Waals surface area (Å²) in [6, 6.07) is -0.849. The number of rotatable bonds is 0. The molecule has 2 heterocycles. The van der Waals surface area contributed by atoms with Gasteiger partial charge in [0, 0.05) is 14.1 Å². The third-order valence-electron chi connectivity index (χ3n) is 3.04. The monoisotopic (exact) mass is 238 g/mol. The molecule has 1 atom stereocenters. The quantitative estimate of drug-likeness (QED) is 0.501. The summed E-state index contributed by atoms with van der Waals surface area (Å²) in [5, 5.41) is 0. The minimum atomic E-state index is -0.500. The Kier molecular flexibility index (Phi) is 2.41. The Morgan fingerprint density at radius 1 is 1.12 bits per heavy atom. The highest BCUT2D eigenvalue weighted by atomic mass is 16.2. The minimum Gasteiger partial charge on any atom is -0.270 e. The summed E-state index contributed by atoms with van der Waals surface area (Å²) < 4.78 is 1.82. The van der Waals surface area contributed by atoms with Crippen LogP contribution < -0.4 is 0 Å². The van der Waals surface area contributed by atoms with Gasteiger partial charge in [-0.05, 0) is 0 Å². The summed E-state index contributed by atoms with van der Waals surface area (Å²) in [4.78, 5) is 32.5. The lowest BCUT2D eigenvalue weighted by Crippen LogP contribution is -2.62. The van der Waals surface area contributed by atoms with Crippen molar-refractivity contribution >= 4 is 23.7 Å². The Hall–Kier alpha value is -1.92. The summed E-state index contributed by atoms with van der Waals surface area (Å²) in [5.74, 6) is 0.920. The Balaban J connectivity index is 2.52. The molecule has 2 aliphatic heterocycles. The van der Waals surface area contributed by atoms with Gasteiger partial charge in [-0.15, -0.1) is 0 Å². The number of carbonyl (C=O) groups is 2. The van der Waals surface area contributed by atoms with Crippen LogP contribution in [0.1, 0.15) is 0 Å². The molecule has 2 rings (SSSR count). The SMILES string of the molecule is CN1C(=O)C2C(=NC(=[N+](C)C)N2C)N(C)C1=O. The molecule has 1 unspecified atom stereocenters. The first-order valence-corrected chi connectivity index (χ1v) is 5.27. The number of imide groups is 1. The van der Waals surface area contributed by atoms with E-state index >= 15 is 0 Å². The number of hydrogen-bond donors (Lipinski definition) is 0.